The number of likely N-dealkylation sites (tertiary alicyclic amines) is 1. The van der Waals surface area contributed by atoms with Crippen molar-refractivity contribution in [3.63, 3.8) is 0 Å². The first kappa shape index (κ1) is 24.7. The highest BCUT2D eigenvalue weighted by Crippen LogP contribution is 2.31. The summed E-state index contributed by atoms with van der Waals surface area (Å²) in [7, 11) is 6.24. The highest BCUT2D eigenvalue weighted by atomic mass is 16.6. The van der Waals surface area contributed by atoms with Gasteiger partial charge in [0.05, 0.1) is 48.1 Å². The van der Waals surface area contributed by atoms with E-state index in [-0.39, 0.29) is 25.5 Å². The molecule has 34 heavy (non-hydrogen) atoms. The molecule has 8 heteroatoms. The monoisotopic (exact) mass is 467 g/mol. The summed E-state index contributed by atoms with van der Waals surface area (Å²) in [6.45, 7) is 2.17. The normalized spacial score (nSPS) is 15.9. The topological polar surface area (TPSA) is 83.5 Å². The number of ketones is 1. The van der Waals surface area contributed by atoms with Gasteiger partial charge in [-0.25, -0.2) is 4.79 Å². The lowest BCUT2D eigenvalue weighted by atomic mass is 9.94. The van der Waals surface area contributed by atoms with E-state index in [1.165, 1.54) is 4.90 Å². The standard InChI is InChI=1S/C26H29NO7/c1-6-34-26(29)27-15-19(11-17-13-21(30-2)7-9-23(17)32-4)25(28)20(16-27)12-18-14-22(31-3)8-10-24(18)33-5/h7-14H,6,15-16H2,1-5H3/b19-11-,20-12+. The molecule has 0 radical (unpaired) electrons. The molecule has 2 aromatic rings. The largest absolute Gasteiger partial charge is 0.497 e. The van der Waals surface area contributed by atoms with E-state index in [1.54, 1.807) is 83.9 Å². The lowest BCUT2D eigenvalue weighted by Gasteiger charge is -2.29. The number of rotatable bonds is 7. The Hall–Kier alpha value is -3.94. The molecule has 2 aromatic carbocycles. The van der Waals surface area contributed by atoms with Crippen LogP contribution in [0.15, 0.2) is 47.5 Å². The van der Waals surface area contributed by atoms with E-state index in [9.17, 15) is 9.59 Å². The molecule has 1 fully saturated rings. The van der Waals surface area contributed by atoms with Crippen LogP contribution >= 0.6 is 0 Å². The molecular formula is C26H29NO7. The summed E-state index contributed by atoms with van der Waals surface area (Å²) in [5, 5.41) is 0. The summed E-state index contributed by atoms with van der Waals surface area (Å²) >= 11 is 0. The third kappa shape index (κ3) is 5.51. The average molecular weight is 468 g/mol. The Kier molecular flexibility index (Phi) is 8.19. The Balaban J connectivity index is 2.10. The molecule has 0 N–H and O–H groups in total. The molecule has 0 unspecified atom stereocenters. The fourth-order valence-electron chi connectivity index (χ4n) is 3.66. The molecule has 1 saturated heterocycles. The number of Topliss-reactive ketones (excluding diaryl/α,β-unsaturated/α-hetero) is 1. The van der Waals surface area contributed by atoms with Crippen LogP contribution in [-0.4, -0.2) is 64.9 Å². The lowest BCUT2D eigenvalue weighted by molar-refractivity contribution is -0.113. The van der Waals surface area contributed by atoms with Crippen LogP contribution in [0.1, 0.15) is 18.1 Å². The molecule has 8 nitrogen and oxygen atoms in total. The van der Waals surface area contributed by atoms with Crippen LogP contribution in [0.5, 0.6) is 23.0 Å². The van der Waals surface area contributed by atoms with Crippen LogP contribution in [0.25, 0.3) is 12.2 Å². The van der Waals surface area contributed by atoms with Crippen LogP contribution in [-0.2, 0) is 9.53 Å². The van der Waals surface area contributed by atoms with Gasteiger partial charge in [0.25, 0.3) is 0 Å². The summed E-state index contributed by atoms with van der Waals surface area (Å²) in [4.78, 5) is 27.6. The smallest absolute Gasteiger partial charge is 0.410 e. The van der Waals surface area contributed by atoms with Gasteiger partial charge >= 0.3 is 6.09 Å². The minimum absolute atomic E-state index is 0.102. The minimum atomic E-state index is -0.498. The predicted molar refractivity (Wildman–Crippen MR) is 129 cm³/mol. The summed E-state index contributed by atoms with van der Waals surface area (Å²) in [6, 6.07) is 10.6. The summed E-state index contributed by atoms with van der Waals surface area (Å²) in [6.07, 6.45) is 2.93. The second-order valence-electron chi connectivity index (χ2n) is 7.44. The van der Waals surface area contributed by atoms with Crippen molar-refractivity contribution < 1.29 is 33.3 Å². The van der Waals surface area contributed by atoms with Crippen molar-refractivity contribution in [2.45, 2.75) is 6.92 Å². The number of nitrogens with zero attached hydrogens (tertiary/aromatic N) is 1. The number of ether oxygens (including phenoxy) is 5. The van der Waals surface area contributed by atoms with Crippen LogP contribution < -0.4 is 18.9 Å². The second-order valence-corrected chi connectivity index (χ2v) is 7.44. The fourth-order valence-corrected chi connectivity index (χ4v) is 3.66. The maximum atomic E-state index is 13.5. The van der Waals surface area contributed by atoms with Crippen molar-refractivity contribution >= 4 is 24.0 Å². The number of benzene rings is 2. The molecule has 1 heterocycles. The minimum Gasteiger partial charge on any atom is -0.497 e. The highest BCUT2D eigenvalue weighted by molar-refractivity contribution is 6.15. The predicted octanol–water partition coefficient (Wildman–Crippen LogP) is 4.23. The van der Waals surface area contributed by atoms with Crippen LogP contribution in [0.2, 0.25) is 0 Å². The number of hydrogen-bond donors (Lipinski definition) is 0. The number of piperidine rings is 1. The van der Waals surface area contributed by atoms with Crippen molar-refractivity contribution in [2.24, 2.45) is 0 Å². The van der Waals surface area contributed by atoms with E-state index in [0.29, 0.717) is 45.3 Å². The van der Waals surface area contributed by atoms with Crippen molar-refractivity contribution in [2.75, 3.05) is 48.1 Å². The molecule has 3 rings (SSSR count). The summed E-state index contributed by atoms with van der Waals surface area (Å²) < 4.78 is 26.7. The van der Waals surface area contributed by atoms with Crippen molar-refractivity contribution in [3.8, 4) is 23.0 Å². The van der Waals surface area contributed by atoms with E-state index in [1.807, 2.05) is 0 Å². The van der Waals surface area contributed by atoms with Gasteiger partial charge in [0, 0.05) is 22.3 Å². The number of carbonyl (C=O) groups is 2. The van der Waals surface area contributed by atoms with E-state index < -0.39 is 6.09 Å². The molecule has 0 spiro atoms. The van der Waals surface area contributed by atoms with Gasteiger partial charge < -0.3 is 23.7 Å². The van der Waals surface area contributed by atoms with Gasteiger partial charge in [-0.15, -0.1) is 0 Å². The van der Waals surface area contributed by atoms with Gasteiger partial charge in [0.2, 0.25) is 0 Å². The van der Waals surface area contributed by atoms with E-state index >= 15 is 0 Å². The average Bonchev–Trinajstić information content (AvgIpc) is 2.86. The Bertz CT molecular complexity index is 1040. The maximum absolute atomic E-state index is 13.5. The Labute approximate surface area is 199 Å². The number of amides is 1. The molecule has 1 aliphatic heterocycles. The van der Waals surface area contributed by atoms with Crippen molar-refractivity contribution in [3.05, 3.63) is 58.7 Å². The van der Waals surface area contributed by atoms with Gasteiger partial charge in [-0.3, -0.25) is 9.69 Å². The second kappa shape index (κ2) is 11.3. The molecule has 0 aliphatic carbocycles. The SMILES string of the molecule is CCOC(=O)N1C/C(=C/c2cc(OC)ccc2OC)C(=O)/C(=C/c2cc(OC)ccc2OC)C1. The summed E-state index contributed by atoms with van der Waals surface area (Å²) in [5.74, 6) is 2.21. The van der Waals surface area contributed by atoms with Crippen LogP contribution in [0, 0.1) is 0 Å². The highest BCUT2D eigenvalue weighted by Gasteiger charge is 2.30. The summed E-state index contributed by atoms with van der Waals surface area (Å²) in [5.41, 5.74) is 2.15. The van der Waals surface area contributed by atoms with E-state index in [0.717, 1.165) is 0 Å². The molecule has 1 amide bonds. The maximum Gasteiger partial charge on any atom is 0.410 e. The van der Waals surface area contributed by atoms with E-state index in [4.69, 9.17) is 23.7 Å². The fraction of sp³-hybridized carbons (Fsp3) is 0.308. The number of methoxy groups -OCH3 is 4. The van der Waals surface area contributed by atoms with Crippen LogP contribution in [0.4, 0.5) is 4.79 Å². The third-order valence-electron chi connectivity index (χ3n) is 5.36. The molecule has 0 bridgehead atoms. The third-order valence-corrected chi connectivity index (χ3v) is 5.36. The number of carbonyl (C=O) groups excluding carboxylic acids is 2. The Morgan fingerprint density at radius 2 is 1.29 bits per heavy atom. The molecule has 1 aliphatic rings. The Morgan fingerprint density at radius 1 is 0.824 bits per heavy atom. The Morgan fingerprint density at radius 3 is 1.68 bits per heavy atom. The molecule has 0 atom stereocenters. The van der Waals surface area contributed by atoms with Gasteiger partial charge in [0.1, 0.15) is 23.0 Å². The first-order chi connectivity index (χ1) is 16.4. The van der Waals surface area contributed by atoms with Crippen molar-refractivity contribution in [1.29, 1.82) is 0 Å². The zero-order chi connectivity index (χ0) is 24.7. The number of hydrogen-bond acceptors (Lipinski definition) is 7. The van der Waals surface area contributed by atoms with Crippen molar-refractivity contribution in [1.82, 2.24) is 4.90 Å². The molecule has 180 valence electrons. The van der Waals surface area contributed by atoms with Crippen LogP contribution in [0.3, 0.4) is 0 Å². The van der Waals surface area contributed by atoms with Gasteiger partial charge in [-0.2, -0.15) is 0 Å². The molecule has 0 saturated carbocycles. The van der Waals surface area contributed by atoms with Gasteiger partial charge in [-0.1, -0.05) is 0 Å². The first-order valence-corrected chi connectivity index (χ1v) is 10.8. The lowest BCUT2D eigenvalue weighted by Crippen LogP contribution is -2.41. The zero-order valence-corrected chi connectivity index (χ0v) is 20.0. The van der Waals surface area contributed by atoms with Gasteiger partial charge in [0.15, 0.2) is 5.78 Å². The molecule has 0 aromatic heterocycles. The first-order valence-electron chi connectivity index (χ1n) is 10.8. The van der Waals surface area contributed by atoms with Gasteiger partial charge in [-0.05, 0) is 55.5 Å². The quantitative estimate of drug-likeness (QED) is 0.564. The zero-order valence-electron chi connectivity index (χ0n) is 20.0. The molecular weight excluding hydrogens is 438 g/mol. The van der Waals surface area contributed by atoms with E-state index in [2.05, 4.69) is 0 Å².